The van der Waals surface area contributed by atoms with Crippen molar-refractivity contribution in [1.29, 1.82) is 0 Å². The van der Waals surface area contributed by atoms with E-state index in [1.165, 1.54) is 4.90 Å². The number of aromatic nitrogens is 2. The van der Waals surface area contributed by atoms with Gasteiger partial charge in [0.05, 0.1) is 18.3 Å². The number of nitrogens with zero attached hydrogens (tertiary/aromatic N) is 3. The van der Waals surface area contributed by atoms with Crippen LogP contribution in [0.1, 0.15) is 30.6 Å². The molecule has 1 aliphatic heterocycles. The fourth-order valence-corrected chi connectivity index (χ4v) is 2.80. The van der Waals surface area contributed by atoms with Gasteiger partial charge in [-0.25, -0.2) is 4.68 Å². The molecule has 120 valence electrons. The summed E-state index contributed by atoms with van der Waals surface area (Å²) in [5.41, 5.74) is 1.88. The number of fused-ring (bicyclic) bond motifs is 1. The number of rotatable bonds is 4. The molecule has 0 saturated carbocycles. The standard InChI is InChI=1S/C17H20N4O2/c1-12-10-16-20(17(23)8-9-21(16)19-12)11-15(22)18-13(2)14-6-4-3-5-7-14/h3-7,10,13H,8-9,11H2,1-2H3,(H,18,22)/t13-/m0/s1. The molecule has 23 heavy (non-hydrogen) atoms. The maximum absolute atomic E-state index is 12.3. The molecule has 1 N–H and O–H groups in total. The molecule has 2 amide bonds. The van der Waals surface area contributed by atoms with Crippen LogP contribution in [0.2, 0.25) is 0 Å². The van der Waals surface area contributed by atoms with E-state index in [0.29, 0.717) is 18.8 Å². The molecule has 0 aliphatic carbocycles. The van der Waals surface area contributed by atoms with Gasteiger partial charge in [0.25, 0.3) is 0 Å². The molecule has 6 heteroatoms. The van der Waals surface area contributed by atoms with Gasteiger partial charge in [-0.1, -0.05) is 30.3 Å². The third-order valence-electron chi connectivity index (χ3n) is 3.97. The highest BCUT2D eigenvalue weighted by Crippen LogP contribution is 2.22. The van der Waals surface area contributed by atoms with Crippen LogP contribution in [0.3, 0.4) is 0 Å². The van der Waals surface area contributed by atoms with E-state index in [1.54, 1.807) is 4.68 Å². The molecule has 0 spiro atoms. The maximum atomic E-state index is 12.3. The molecule has 0 bridgehead atoms. The number of carbonyl (C=O) groups is 2. The number of benzene rings is 1. The van der Waals surface area contributed by atoms with Crippen molar-refractivity contribution >= 4 is 17.6 Å². The van der Waals surface area contributed by atoms with E-state index in [9.17, 15) is 9.59 Å². The molecule has 1 atom stereocenters. The lowest BCUT2D eigenvalue weighted by molar-refractivity contribution is -0.124. The first-order valence-corrected chi connectivity index (χ1v) is 7.73. The van der Waals surface area contributed by atoms with E-state index in [-0.39, 0.29) is 24.4 Å². The predicted molar refractivity (Wildman–Crippen MR) is 86.9 cm³/mol. The first kappa shape index (κ1) is 15.3. The number of hydrogen-bond donors (Lipinski definition) is 1. The zero-order valence-electron chi connectivity index (χ0n) is 13.3. The summed E-state index contributed by atoms with van der Waals surface area (Å²) in [4.78, 5) is 26.0. The number of carbonyl (C=O) groups excluding carboxylic acids is 2. The lowest BCUT2D eigenvalue weighted by Gasteiger charge is -2.27. The van der Waals surface area contributed by atoms with Crippen molar-refractivity contribution in [2.24, 2.45) is 0 Å². The van der Waals surface area contributed by atoms with Crippen LogP contribution in [-0.4, -0.2) is 28.1 Å². The minimum atomic E-state index is -0.179. The fraction of sp³-hybridized carbons (Fsp3) is 0.353. The minimum absolute atomic E-state index is 0.0150. The van der Waals surface area contributed by atoms with Gasteiger partial charge < -0.3 is 5.32 Å². The first-order chi connectivity index (χ1) is 11.0. The number of amides is 2. The Bertz CT molecular complexity index is 723. The second kappa shape index (κ2) is 6.24. The lowest BCUT2D eigenvalue weighted by atomic mass is 10.1. The van der Waals surface area contributed by atoms with E-state index < -0.39 is 0 Å². The molecule has 0 fully saturated rings. The largest absolute Gasteiger partial charge is 0.348 e. The summed E-state index contributed by atoms with van der Waals surface area (Å²) in [5.74, 6) is 0.475. The van der Waals surface area contributed by atoms with E-state index in [4.69, 9.17) is 0 Å². The molecule has 2 aromatic rings. The molecular formula is C17H20N4O2. The number of aryl methyl sites for hydroxylation is 2. The highest BCUT2D eigenvalue weighted by molar-refractivity contribution is 5.99. The van der Waals surface area contributed by atoms with Crippen molar-refractivity contribution in [2.45, 2.75) is 32.9 Å². The van der Waals surface area contributed by atoms with Crippen LogP contribution in [0.4, 0.5) is 5.82 Å². The van der Waals surface area contributed by atoms with Gasteiger partial charge in [-0.05, 0) is 19.4 Å². The second-order valence-electron chi connectivity index (χ2n) is 5.80. The maximum Gasteiger partial charge on any atom is 0.240 e. The highest BCUT2D eigenvalue weighted by Gasteiger charge is 2.27. The van der Waals surface area contributed by atoms with Crippen molar-refractivity contribution in [3.8, 4) is 0 Å². The summed E-state index contributed by atoms with van der Waals surface area (Å²) in [6, 6.07) is 11.5. The lowest BCUT2D eigenvalue weighted by Crippen LogP contribution is -2.44. The monoisotopic (exact) mass is 312 g/mol. The zero-order valence-corrected chi connectivity index (χ0v) is 13.3. The van der Waals surface area contributed by atoms with Crippen LogP contribution in [0.5, 0.6) is 0 Å². The number of hydrogen-bond acceptors (Lipinski definition) is 3. The fourth-order valence-electron chi connectivity index (χ4n) is 2.80. The van der Waals surface area contributed by atoms with Gasteiger partial charge >= 0.3 is 0 Å². The van der Waals surface area contributed by atoms with Crippen LogP contribution in [0.25, 0.3) is 0 Å². The average Bonchev–Trinajstić information content (AvgIpc) is 2.92. The van der Waals surface area contributed by atoms with E-state index >= 15 is 0 Å². The Morgan fingerprint density at radius 1 is 1.35 bits per heavy atom. The summed E-state index contributed by atoms with van der Waals surface area (Å²) in [7, 11) is 0. The van der Waals surface area contributed by atoms with Crippen LogP contribution in [0.15, 0.2) is 36.4 Å². The number of anilines is 1. The highest BCUT2D eigenvalue weighted by atomic mass is 16.2. The Labute approximate surface area is 135 Å². The van der Waals surface area contributed by atoms with Crippen molar-refractivity contribution in [1.82, 2.24) is 15.1 Å². The van der Waals surface area contributed by atoms with Gasteiger partial charge in [-0.3, -0.25) is 14.5 Å². The molecule has 0 saturated heterocycles. The molecule has 2 heterocycles. The topological polar surface area (TPSA) is 67.2 Å². The third kappa shape index (κ3) is 3.26. The molecule has 1 aromatic heterocycles. The van der Waals surface area contributed by atoms with Gasteiger partial charge in [0.2, 0.25) is 11.8 Å². The molecule has 3 rings (SSSR count). The Morgan fingerprint density at radius 2 is 2.09 bits per heavy atom. The van der Waals surface area contributed by atoms with Crippen molar-refractivity contribution in [2.75, 3.05) is 11.4 Å². The molecule has 0 unspecified atom stereocenters. The molecule has 1 aliphatic rings. The van der Waals surface area contributed by atoms with Crippen molar-refractivity contribution in [3.63, 3.8) is 0 Å². The van der Waals surface area contributed by atoms with Gasteiger partial charge in [-0.2, -0.15) is 5.10 Å². The Kier molecular flexibility index (Phi) is 4.14. The molecule has 0 radical (unpaired) electrons. The quantitative estimate of drug-likeness (QED) is 0.936. The summed E-state index contributed by atoms with van der Waals surface area (Å²) in [6.45, 7) is 4.40. The SMILES string of the molecule is Cc1cc2n(n1)CCC(=O)N2CC(=O)N[C@@H](C)c1ccccc1. The normalized spacial score (nSPS) is 15.2. The van der Waals surface area contributed by atoms with Crippen molar-refractivity contribution < 1.29 is 9.59 Å². The average molecular weight is 312 g/mol. The van der Waals surface area contributed by atoms with Crippen molar-refractivity contribution in [3.05, 3.63) is 47.7 Å². The smallest absolute Gasteiger partial charge is 0.240 e. The van der Waals surface area contributed by atoms with Crippen LogP contribution >= 0.6 is 0 Å². The summed E-state index contributed by atoms with van der Waals surface area (Å²) in [5, 5.41) is 7.28. The summed E-state index contributed by atoms with van der Waals surface area (Å²) < 4.78 is 1.78. The van der Waals surface area contributed by atoms with Crippen LogP contribution in [0, 0.1) is 6.92 Å². The van der Waals surface area contributed by atoms with Crippen LogP contribution in [-0.2, 0) is 16.1 Å². The van der Waals surface area contributed by atoms with Gasteiger partial charge in [0, 0.05) is 12.5 Å². The Balaban J connectivity index is 1.69. The number of nitrogens with one attached hydrogen (secondary N) is 1. The predicted octanol–water partition coefficient (Wildman–Crippen LogP) is 1.81. The molecule has 6 nitrogen and oxygen atoms in total. The zero-order chi connectivity index (χ0) is 16.4. The summed E-state index contributed by atoms with van der Waals surface area (Å²) >= 11 is 0. The molecule has 1 aromatic carbocycles. The second-order valence-corrected chi connectivity index (χ2v) is 5.80. The Morgan fingerprint density at radius 3 is 2.83 bits per heavy atom. The van der Waals surface area contributed by atoms with Gasteiger partial charge in [0.15, 0.2) is 0 Å². The first-order valence-electron chi connectivity index (χ1n) is 7.73. The summed E-state index contributed by atoms with van der Waals surface area (Å²) in [6.07, 6.45) is 0.371. The van der Waals surface area contributed by atoms with E-state index in [2.05, 4.69) is 10.4 Å². The van der Waals surface area contributed by atoms with E-state index in [1.807, 2.05) is 50.2 Å². The van der Waals surface area contributed by atoms with Gasteiger partial charge in [-0.15, -0.1) is 0 Å². The Hall–Kier alpha value is -2.63. The van der Waals surface area contributed by atoms with E-state index in [0.717, 1.165) is 11.3 Å². The molecular weight excluding hydrogens is 292 g/mol. The third-order valence-corrected chi connectivity index (χ3v) is 3.97. The van der Waals surface area contributed by atoms with Gasteiger partial charge in [0.1, 0.15) is 12.4 Å². The van der Waals surface area contributed by atoms with Crippen LogP contribution < -0.4 is 10.2 Å². The minimum Gasteiger partial charge on any atom is -0.348 e.